The first-order valence-electron chi connectivity index (χ1n) is 6.92. The van der Waals surface area contributed by atoms with E-state index in [1.165, 1.54) is 12.8 Å². The van der Waals surface area contributed by atoms with E-state index >= 15 is 0 Å². The largest absolute Gasteiger partial charge is 0.481 e. The third-order valence-corrected chi connectivity index (χ3v) is 3.16. The monoisotopic (exact) mass is 273 g/mol. The van der Waals surface area contributed by atoms with Crippen LogP contribution in [0, 0.1) is 0 Å². The standard InChI is InChI=1S/C7H14N2O.C6H13NO2/c8-7(10)9-5-3-1-2-4-6-9;1-3-7(2)5-4-6(8)9/h1-6H2,(H2,8,10);3-5H2,1-2H3,(H,8,9). The second-order valence-corrected chi connectivity index (χ2v) is 4.78. The van der Waals surface area contributed by atoms with E-state index in [9.17, 15) is 9.59 Å². The van der Waals surface area contributed by atoms with Gasteiger partial charge in [0.2, 0.25) is 0 Å². The van der Waals surface area contributed by atoms with Gasteiger partial charge in [-0.1, -0.05) is 19.8 Å². The van der Waals surface area contributed by atoms with Crippen molar-refractivity contribution in [3.63, 3.8) is 0 Å². The van der Waals surface area contributed by atoms with Crippen molar-refractivity contribution in [1.82, 2.24) is 9.80 Å². The number of amides is 2. The highest BCUT2D eigenvalue weighted by Gasteiger charge is 2.10. The van der Waals surface area contributed by atoms with E-state index in [1.54, 1.807) is 4.90 Å². The first kappa shape index (κ1) is 17.7. The van der Waals surface area contributed by atoms with Crippen molar-refractivity contribution in [3.8, 4) is 0 Å². The smallest absolute Gasteiger partial charge is 0.314 e. The molecule has 0 bridgehead atoms. The highest BCUT2D eigenvalue weighted by atomic mass is 16.4. The van der Waals surface area contributed by atoms with Crippen molar-refractivity contribution in [2.75, 3.05) is 33.2 Å². The van der Waals surface area contributed by atoms with Gasteiger partial charge in [-0.3, -0.25) is 4.79 Å². The maximum absolute atomic E-state index is 10.7. The Balaban J connectivity index is 0.000000344. The van der Waals surface area contributed by atoms with Crippen LogP contribution in [0.25, 0.3) is 0 Å². The van der Waals surface area contributed by atoms with Crippen LogP contribution < -0.4 is 5.73 Å². The Morgan fingerprint density at radius 3 is 2.11 bits per heavy atom. The normalized spacial score (nSPS) is 15.4. The molecule has 2 amide bonds. The average molecular weight is 273 g/mol. The van der Waals surface area contributed by atoms with Gasteiger partial charge in [0.25, 0.3) is 0 Å². The van der Waals surface area contributed by atoms with Gasteiger partial charge in [-0.25, -0.2) is 4.79 Å². The SMILES string of the molecule is CCN(C)CCC(=O)O.NC(=O)N1CCCCCC1. The number of hydrogen-bond acceptors (Lipinski definition) is 3. The predicted molar refractivity (Wildman–Crippen MR) is 75.0 cm³/mol. The van der Waals surface area contributed by atoms with E-state index in [0.717, 1.165) is 32.5 Å². The first-order valence-corrected chi connectivity index (χ1v) is 6.92. The van der Waals surface area contributed by atoms with E-state index in [0.29, 0.717) is 6.54 Å². The third kappa shape index (κ3) is 10.3. The number of likely N-dealkylation sites (tertiary alicyclic amines) is 1. The summed E-state index contributed by atoms with van der Waals surface area (Å²) in [7, 11) is 1.91. The van der Waals surface area contributed by atoms with Gasteiger partial charge in [0.05, 0.1) is 6.42 Å². The lowest BCUT2D eigenvalue weighted by molar-refractivity contribution is -0.137. The van der Waals surface area contributed by atoms with Gasteiger partial charge in [0, 0.05) is 19.6 Å². The second kappa shape index (κ2) is 10.6. The van der Waals surface area contributed by atoms with Gasteiger partial charge < -0.3 is 20.6 Å². The van der Waals surface area contributed by atoms with Crippen LogP contribution in [0.3, 0.4) is 0 Å². The summed E-state index contributed by atoms with van der Waals surface area (Å²) in [5.41, 5.74) is 5.12. The van der Waals surface area contributed by atoms with Gasteiger partial charge in [-0.2, -0.15) is 0 Å². The number of carbonyl (C=O) groups is 2. The lowest BCUT2D eigenvalue weighted by Crippen LogP contribution is -2.36. The summed E-state index contributed by atoms with van der Waals surface area (Å²) >= 11 is 0. The third-order valence-electron chi connectivity index (χ3n) is 3.16. The lowest BCUT2D eigenvalue weighted by atomic mass is 10.2. The Bertz CT molecular complexity index is 264. The zero-order valence-electron chi connectivity index (χ0n) is 12.1. The Labute approximate surface area is 115 Å². The molecule has 112 valence electrons. The zero-order chi connectivity index (χ0) is 14.7. The number of carboxylic acids is 1. The van der Waals surface area contributed by atoms with Crippen LogP contribution in [0.1, 0.15) is 39.0 Å². The van der Waals surface area contributed by atoms with Crippen LogP contribution in [0.15, 0.2) is 0 Å². The number of carboxylic acid groups (broad SMARTS) is 1. The summed E-state index contributed by atoms with van der Waals surface area (Å²) in [4.78, 5) is 24.3. The molecule has 0 spiro atoms. The summed E-state index contributed by atoms with van der Waals surface area (Å²) in [6.07, 6.45) is 4.95. The van der Waals surface area contributed by atoms with Gasteiger partial charge >= 0.3 is 12.0 Å². The lowest BCUT2D eigenvalue weighted by Gasteiger charge is -2.16. The van der Waals surface area contributed by atoms with Crippen LogP contribution >= 0.6 is 0 Å². The van der Waals surface area contributed by atoms with Gasteiger partial charge in [0.15, 0.2) is 0 Å². The molecule has 0 aromatic rings. The molecule has 1 fully saturated rings. The molecule has 6 heteroatoms. The quantitative estimate of drug-likeness (QED) is 0.809. The summed E-state index contributed by atoms with van der Waals surface area (Å²) in [6.45, 7) is 5.27. The molecule has 19 heavy (non-hydrogen) atoms. The second-order valence-electron chi connectivity index (χ2n) is 4.78. The maximum Gasteiger partial charge on any atom is 0.314 e. The molecular formula is C13H27N3O3. The molecule has 1 heterocycles. The summed E-state index contributed by atoms with van der Waals surface area (Å²) in [5, 5.41) is 8.23. The Hall–Kier alpha value is -1.30. The van der Waals surface area contributed by atoms with Gasteiger partial charge in [-0.05, 0) is 26.4 Å². The minimum atomic E-state index is -0.727. The average Bonchev–Trinajstić information content (AvgIpc) is 2.65. The number of rotatable bonds is 4. The molecule has 1 rings (SSSR count). The van der Waals surface area contributed by atoms with E-state index in [1.807, 2.05) is 18.9 Å². The van der Waals surface area contributed by atoms with Crippen molar-refractivity contribution in [1.29, 1.82) is 0 Å². The number of nitrogens with two attached hydrogens (primary N) is 1. The molecule has 0 saturated carbocycles. The maximum atomic E-state index is 10.7. The molecular weight excluding hydrogens is 246 g/mol. The minimum absolute atomic E-state index is 0.240. The van der Waals surface area contributed by atoms with Gasteiger partial charge in [0.1, 0.15) is 0 Å². The molecule has 0 aliphatic carbocycles. The Kier molecular flexibility index (Phi) is 9.88. The van der Waals surface area contributed by atoms with E-state index in [4.69, 9.17) is 10.8 Å². The van der Waals surface area contributed by atoms with Crippen LogP contribution in [-0.2, 0) is 4.79 Å². The number of nitrogens with zero attached hydrogens (tertiary/aromatic N) is 2. The van der Waals surface area contributed by atoms with Crippen molar-refractivity contribution in [3.05, 3.63) is 0 Å². The Morgan fingerprint density at radius 1 is 1.21 bits per heavy atom. The molecule has 1 aliphatic heterocycles. The molecule has 0 aromatic carbocycles. The fraction of sp³-hybridized carbons (Fsp3) is 0.846. The number of primary amides is 1. The highest BCUT2D eigenvalue weighted by molar-refractivity contribution is 5.71. The predicted octanol–water partition coefficient (Wildman–Crippen LogP) is 1.35. The van der Waals surface area contributed by atoms with Crippen molar-refractivity contribution < 1.29 is 14.7 Å². The first-order chi connectivity index (χ1) is 8.97. The fourth-order valence-corrected chi connectivity index (χ4v) is 1.74. The zero-order valence-corrected chi connectivity index (χ0v) is 12.1. The van der Waals surface area contributed by atoms with Gasteiger partial charge in [-0.15, -0.1) is 0 Å². The van der Waals surface area contributed by atoms with E-state index in [2.05, 4.69) is 0 Å². The van der Waals surface area contributed by atoms with Crippen molar-refractivity contribution in [2.24, 2.45) is 5.73 Å². The minimum Gasteiger partial charge on any atom is -0.481 e. The number of carbonyl (C=O) groups excluding carboxylic acids is 1. The summed E-state index contributed by atoms with van der Waals surface area (Å²) < 4.78 is 0. The summed E-state index contributed by atoms with van der Waals surface area (Å²) in [5.74, 6) is -0.727. The molecule has 6 nitrogen and oxygen atoms in total. The van der Waals surface area contributed by atoms with Crippen LogP contribution in [0.5, 0.6) is 0 Å². The number of urea groups is 1. The molecule has 1 saturated heterocycles. The van der Waals surface area contributed by atoms with E-state index in [-0.39, 0.29) is 12.5 Å². The van der Waals surface area contributed by atoms with E-state index < -0.39 is 5.97 Å². The van der Waals surface area contributed by atoms with Crippen molar-refractivity contribution in [2.45, 2.75) is 39.0 Å². The van der Waals surface area contributed by atoms with Crippen LogP contribution in [0.2, 0.25) is 0 Å². The molecule has 1 aliphatic rings. The number of aliphatic carboxylic acids is 1. The molecule has 3 N–H and O–H groups in total. The number of hydrogen-bond donors (Lipinski definition) is 2. The van der Waals surface area contributed by atoms with Crippen LogP contribution in [0.4, 0.5) is 4.79 Å². The summed E-state index contributed by atoms with van der Waals surface area (Å²) in [6, 6.07) is -0.262. The van der Waals surface area contributed by atoms with Crippen LogP contribution in [-0.4, -0.2) is 60.1 Å². The molecule has 0 atom stereocenters. The molecule has 0 unspecified atom stereocenters. The Morgan fingerprint density at radius 2 is 1.74 bits per heavy atom. The highest BCUT2D eigenvalue weighted by Crippen LogP contribution is 2.08. The molecule has 0 radical (unpaired) electrons. The van der Waals surface area contributed by atoms with Crippen molar-refractivity contribution >= 4 is 12.0 Å². The molecule has 0 aromatic heterocycles. The fourth-order valence-electron chi connectivity index (χ4n) is 1.74. The topological polar surface area (TPSA) is 86.9 Å².